The average Bonchev–Trinajstić information content (AvgIpc) is 2.86. The summed E-state index contributed by atoms with van der Waals surface area (Å²) in [5.74, 6) is -4.20. The van der Waals surface area contributed by atoms with Gasteiger partial charge in [-0.15, -0.1) is 0 Å². The lowest BCUT2D eigenvalue weighted by Crippen LogP contribution is -2.15. The topological polar surface area (TPSA) is 241 Å². The number of hydrogen-bond donors (Lipinski definition) is 3. The minimum atomic E-state index is -1.45. The van der Waals surface area contributed by atoms with Crippen LogP contribution < -0.4 is 0 Å². The van der Waals surface area contributed by atoms with Crippen LogP contribution in [0.5, 0.6) is 0 Å². The van der Waals surface area contributed by atoms with Gasteiger partial charge >= 0.3 is 17.9 Å². The molecule has 202 valence electrons. The molecule has 0 amide bonds. The van der Waals surface area contributed by atoms with Crippen LogP contribution in [0.3, 0.4) is 0 Å². The summed E-state index contributed by atoms with van der Waals surface area (Å²) < 4.78 is 0. The van der Waals surface area contributed by atoms with Crippen LogP contribution >= 0.6 is 33.8 Å². The van der Waals surface area contributed by atoms with Gasteiger partial charge in [0.15, 0.2) is 0 Å². The van der Waals surface area contributed by atoms with Crippen LogP contribution in [0.15, 0.2) is 69.6 Å². The summed E-state index contributed by atoms with van der Waals surface area (Å²) in [4.78, 5) is 63.6. The maximum absolute atomic E-state index is 11.1. The minimum Gasteiger partial charge on any atom is -0.478 e. The normalized spacial score (nSPS) is 12.3. The predicted octanol–water partition coefficient (Wildman–Crippen LogP) is 4.63. The van der Waals surface area contributed by atoms with Crippen molar-refractivity contribution in [2.24, 2.45) is 0 Å². The Morgan fingerprint density at radius 3 is 1.49 bits per heavy atom. The molecular formula is C21H13N3O12S3. The van der Waals surface area contributed by atoms with Gasteiger partial charge in [0.1, 0.15) is 16.7 Å². The van der Waals surface area contributed by atoms with Crippen molar-refractivity contribution in [3.8, 4) is 0 Å². The quantitative estimate of drug-likeness (QED) is 0.155. The van der Waals surface area contributed by atoms with E-state index in [2.05, 4.69) is 0 Å². The zero-order valence-electron chi connectivity index (χ0n) is 18.9. The molecule has 0 saturated heterocycles. The van der Waals surface area contributed by atoms with Crippen molar-refractivity contribution in [2.75, 3.05) is 0 Å². The van der Waals surface area contributed by atoms with Crippen molar-refractivity contribution >= 4 is 68.0 Å². The Morgan fingerprint density at radius 1 is 0.718 bits per heavy atom. The molecule has 0 spiro atoms. The molecule has 0 saturated carbocycles. The van der Waals surface area contributed by atoms with Crippen LogP contribution in [-0.2, 0) is 4.79 Å². The van der Waals surface area contributed by atoms with E-state index in [0.29, 0.717) is 14.7 Å². The van der Waals surface area contributed by atoms with Crippen molar-refractivity contribution in [3.05, 3.63) is 101 Å². The smallest absolute Gasteiger partial charge is 0.342 e. The highest BCUT2D eigenvalue weighted by molar-refractivity contribution is 8.76. The summed E-state index contributed by atoms with van der Waals surface area (Å²) in [5, 5.41) is 58.7. The first-order valence-electron chi connectivity index (χ1n) is 9.92. The number of benzene rings is 2. The second kappa shape index (κ2) is 13.2. The Labute approximate surface area is 229 Å². The van der Waals surface area contributed by atoms with E-state index in [9.17, 15) is 44.7 Å². The fourth-order valence-electron chi connectivity index (χ4n) is 2.84. The van der Waals surface area contributed by atoms with E-state index in [1.165, 1.54) is 18.2 Å². The van der Waals surface area contributed by atoms with Crippen molar-refractivity contribution in [1.82, 2.24) is 0 Å². The summed E-state index contributed by atoms with van der Waals surface area (Å²) in [7, 11) is 2.06. The third-order valence-electron chi connectivity index (χ3n) is 4.57. The van der Waals surface area contributed by atoms with Gasteiger partial charge in [-0.1, -0.05) is 33.8 Å². The number of nitrogens with zero attached hydrogens (tertiary/aromatic N) is 3. The molecule has 2 aromatic carbocycles. The summed E-state index contributed by atoms with van der Waals surface area (Å²) in [6.07, 6.45) is 2.45. The fourth-order valence-corrected chi connectivity index (χ4v) is 5.03. The maximum Gasteiger partial charge on any atom is 0.342 e. The van der Waals surface area contributed by atoms with Gasteiger partial charge in [-0.3, -0.25) is 30.3 Å². The molecule has 3 N–H and O–H groups in total. The summed E-state index contributed by atoms with van der Waals surface area (Å²) in [6, 6.07) is 7.08. The van der Waals surface area contributed by atoms with E-state index >= 15 is 0 Å². The second-order valence-electron chi connectivity index (χ2n) is 7.05. The highest BCUT2D eigenvalue weighted by atomic mass is 33.1. The molecule has 0 radical (unpaired) electrons. The lowest BCUT2D eigenvalue weighted by Gasteiger charge is -2.05. The van der Waals surface area contributed by atoms with Crippen LogP contribution in [0, 0.1) is 30.3 Å². The van der Waals surface area contributed by atoms with Gasteiger partial charge in [-0.25, -0.2) is 14.4 Å². The molecule has 1 aliphatic carbocycles. The molecule has 2 aromatic rings. The van der Waals surface area contributed by atoms with Gasteiger partial charge in [0.2, 0.25) is 0 Å². The monoisotopic (exact) mass is 595 g/mol. The largest absolute Gasteiger partial charge is 0.478 e. The summed E-state index contributed by atoms with van der Waals surface area (Å²) >= 11 is 4.73. The van der Waals surface area contributed by atoms with Gasteiger partial charge in [0.25, 0.3) is 17.1 Å². The van der Waals surface area contributed by atoms with Gasteiger partial charge in [0, 0.05) is 39.3 Å². The minimum absolute atomic E-state index is 0.0442. The number of nitro groups is 3. The van der Waals surface area contributed by atoms with E-state index in [0.717, 1.165) is 51.9 Å². The van der Waals surface area contributed by atoms with Crippen LogP contribution in [-0.4, -0.2) is 52.9 Å². The lowest BCUT2D eigenvalue weighted by molar-refractivity contribution is -0.420. The summed E-state index contributed by atoms with van der Waals surface area (Å²) in [5.41, 5.74) is -2.68. The first-order valence-corrected chi connectivity index (χ1v) is 12.5. The van der Waals surface area contributed by atoms with Crippen molar-refractivity contribution in [3.63, 3.8) is 0 Å². The van der Waals surface area contributed by atoms with Crippen molar-refractivity contribution < 1.29 is 44.5 Å². The van der Waals surface area contributed by atoms with Crippen molar-refractivity contribution in [2.45, 2.75) is 16.2 Å². The molecule has 0 heterocycles. The highest BCUT2D eigenvalue weighted by Crippen LogP contribution is 2.40. The SMILES string of the molecule is O=C(O)C1=C([N+](=O)[O-])C=CC(=S)C1.O=C(O)c1cc(SSc2ccc([N+](=O)[O-])c(C(=O)O)c2)ccc1[N+](=O)[O-]. The molecule has 0 bridgehead atoms. The molecule has 0 atom stereocenters. The van der Waals surface area contributed by atoms with Gasteiger partial charge in [-0.2, -0.15) is 0 Å². The van der Waals surface area contributed by atoms with Crippen LogP contribution in [0.4, 0.5) is 11.4 Å². The summed E-state index contributed by atoms with van der Waals surface area (Å²) in [6.45, 7) is 0. The number of carboxylic acid groups (broad SMARTS) is 3. The third-order valence-corrected chi connectivity index (χ3v) is 7.23. The van der Waals surface area contributed by atoms with Crippen molar-refractivity contribution in [1.29, 1.82) is 0 Å². The van der Waals surface area contributed by atoms with E-state index in [-0.39, 0.29) is 17.7 Å². The molecular weight excluding hydrogens is 582 g/mol. The fraction of sp³-hybridized carbons (Fsp3) is 0.0476. The number of aromatic carboxylic acids is 2. The molecule has 0 aliphatic heterocycles. The number of allylic oxidation sites excluding steroid dienone is 2. The number of rotatable bonds is 9. The Morgan fingerprint density at radius 2 is 1.15 bits per heavy atom. The van der Waals surface area contributed by atoms with Crippen LogP contribution in [0.1, 0.15) is 27.1 Å². The average molecular weight is 596 g/mol. The first kappa shape index (κ1) is 30.5. The molecule has 0 fully saturated rings. The number of carbonyl (C=O) groups is 3. The number of aliphatic carboxylic acids is 1. The molecule has 15 nitrogen and oxygen atoms in total. The Hall–Kier alpha value is -4.68. The molecule has 3 rings (SSSR count). The van der Waals surface area contributed by atoms with Crippen LogP contribution in [0.2, 0.25) is 0 Å². The molecule has 39 heavy (non-hydrogen) atoms. The molecule has 0 unspecified atom stereocenters. The van der Waals surface area contributed by atoms with E-state index in [1.54, 1.807) is 0 Å². The van der Waals surface area contributed by atoms with Gasteiger partial charge in [-0.05, 0) is 30.3 Å². The maximum atomic E-state index is 11.1. The zero-order chi connectivity index (χ0) is 29.4. The Kier molecular flexibility index (Phi) is 10.3. The van der Waals surface area contributed by atoms with E-state index in [4.69, 9.17) is 27.5 Å². The first-order chi connectivity index (χ1) is 18.2. The Bertz CT molecular complexity index is 1410. The van der Waals surface area contributed by atoms with Crippen LogP contribution in [0.25, 0.3) is 0 Å². The third kappa shape index (κ3) is 8.15. The van der Waals surface area contributed by atoms with E-state index < -0.39 is 55.2 Å². The number of hydrogen-bond acceptors (Lipinski definition) is 12. The standard InChI is InChI=1S/C14H8N2O8S2.C7H5NO4S/c17-13(18)9-5-7(1-3-11(9)15(21)22)25-26-8-2-4-12(16(23)24)10(6-8)14(19)20;9-7(10)5-3-4(13)1-2-6(5)8(11)12/h1-6H,(H,17,18)(H,19,20);1-2H,3H2,(H,9,10). The molecule has 1 aliphatic rings. The van der Waals surface area contributed by atoms with Gasteiger partial charge < -0.3 is 15.3 Å². The zero-order valence-corrected chi connectivity index (χ0v) is 21.4. The number of nitro benzene ring substituents is 2. The van der Waals surface area contributed by atoms with E-state index in [1.807, 2.05) is 0 Å². The second-order valence-corrected chi connectivity index (χ2v) is 9.85. The highest BCUT2D eigenvalue weighted by Gasteiger charge is 2.26. The Balaban J connectivity index is 0.000000344. The number of carboxylic acids is 3. The number of thiocarbonyl (C=S) groups is 1. The predicted molar refractivity (Wildman–Crippen MR) is 140 cm³/mol. The lowest BCUT2D eigenvalue weighted by atomic mass is 10.0. The molecule has 0 aromatic heterocycles. The van der Waals surface area contributed by atoms with Gasteiger partial charge in [0.05, 0.1) is 14.8 Å². The molecule has 18 heteroatoms.